The molecule has 1 amide bonds. The van der Waals surface area contributed by atoms with E-state index in [1.165, 1.54) is 76.1 Å². The topological polar surface area (TPSA) is 73.8 Å². The van der Waals surface area contributed by atoms with E-state index in [0.717, 1.165) is 39.0 Å². The molecule has 10 heteroatoms. The molecule has 240 valence electrons. The van der Waals surface area contributed by atoms with Crippen molar-refractivity contribution in [3.05, 3.63) is 49.1 Å². The van der Waals surface area contributed by atoms with Crippen molar-refractivity contribution in [2.24, 2.45) is 10.8 Å². The van der Waals surface area contributed by atoms with E-state index < -0.39 is 5.60 Å². The van der Waals surface area contributed by atoms with E-state index in [-0.39, 0.29) is 30.9 Å². The molecule has 4 fully saturated rings. The zero-order valence-electron chi connectivity index (χ0n) is 26.3. The number of nitrogens with zero attached hydrogens (tertiary/aromatic N) is 5. The number of rotatable bonds is 2. The molecule has 8 nitrogen and oxygen atoms in total. The molecule has 6 heterocycles. The van der Waals surface area contributed by atoms with Gasteiger partial charge in [-0.1, -0.05) is 0 Å². The SMILES string of the molecule is CC(C)(C)OC(=O)N1CCC2(CC1)CCN(c1ccncc1)CC2.Cl.Cl.c1cc(N2CCC3(CCNCC3)CC2)ccn1. The van der Waals surface area contributed by atoms with E-state index in [1.807, 2.05) is 50.5 Å². The molecule has 0 unspecified atom stereocenters. The number of carbonyl (C=O) groups is 1. The van der Waals surface area contributed by atoms with Crippen LogP contribution in [-0.4, -0.2) is 78.9 Å². The van der Waals surface area contributed by atoms with E-state index in [4.69, 9.17) is 4.74 Å². The van der Waals surface area contributed by atoms with Crippen molar-refractivity contribution in [1.29, 1.82) is 0 Å². The van der Waals surface area contributed by atoms with Crippen LogP contribution in [0.25, 0.3) is 0 Å². The molecule has 0 bridgehead atoms. The van der Waals surface area contributed by atoms with Crippen LogP contribution in [0.3, 0.4) is 0 Å². The Morgan fingerprint density at radius 3 is 1.44 bits per heavy atom. The number of aromatic nitrogens is 2. The minimum absolute atomic E-state index is 0. The van der Waals surface area contributed by atoms with Gasteiger partial charge in [0.05, 0.1) is 0 Å². The number of likely N-dealkylation sites (tertiary alicyclic amines) is 1. The van der Waals surface area contributed by atoms with Gasteiger partial charge in [0.25, 0.3) is 0 Å². The monoisotopic (exact) mass is 634 g/mol. The van der Waals surface area contributed by atoms with Crippen molar-refractivity contribution in [2.75, 3.05) is 62.2 Å². The predicted molar refractivity (Wildman–Crippen MR) is 180 cm³/mol. The van der Waals surface area contributed by atoms with E-state index in [1.54, 1.807) is 0 Å². The first-order chi connectivity index (χ1) is 19.8. The van der Waals surface area contributed by atoms with Crippen LogP contribution in [0.1, 0.15) is 72.1 Å². The summed E-state index contributed by atoms with van der Waals surface area (Å²) in [5.41, 5.74) is 3.24. The summed E-state index contributed by atoms with van der Waals surface area (Å²) in [6.45, 7) is 14.5. The van der Waals surface area contributed by atoms with Crippen LogP contribution in [0, 0.1) is 10.8 Å². The number of hydrogen-bond acceptors (Lipinski definition) is 7. The summed E-state index contributed by atoms with van der Waals surface area (Å²) in [6, 6.07) is 8.42. The highest BCUT2D eigenvalue weighted by molar-refractivity contribution is 5.85. The minimum atomic E-state index is -0.415. The summed E-state index contributed by atoms with van der Waals surface area (Å²) < 4.78 is 5.50. The molecule has 2 aromatic heterocycles. The lowest BCUT2D eigenvalue weighted by Gasteiger charge is -2.47. The lowest BCUT2D eigenvalue weighted by molar-refractivity contribution is 0.00666. The van der Waals surface area contributed by atoms with Gasteiger partial charge >= 0.3 is 6.09 Å². The molecule has 43 heavy (non-hydrogen) atoms. The molecule has 0 aromatic carbocycles. The van der Waals surface area contributed by atoms with Gasteiger partial charge in [-0.2, -0.15) is 0 Å². The summed E-state index contributed by atoms with van der Waals surface area (Å²) in [6.07, 6.45) is 17.4. The molecule has 4 saturated heterocycles. The van der Waals surface area contributed by atoms with Crippen LogP contribution < -0.4 is 15.1 Å². The highest BCUT2D eigenvalue weighted by Gasteiger charge is 2.39. The second-order valence-corrected chi connectivity index (χ2v) is 13.6. The Bertz CT molecular complexity index is 1080. The van der Waals surface area contributed by atoms with Crippen molar-refractivity contribution in [3.63, 3.8) is 0 Å². The second kappa shape index (κ2) is 15.6. The molecule has 6 rings (SSSR count). The van der Waals surface area contributed by atoms with Gasteiger partial charge in [0, 0.05) is 75.4 Å². The first-order valence-electron chi connectivity index (χ1n) is 15.7. The molecule has 0 radical (unpaired) electrons. The molecule has 0 atom stereocenters. The first-order valence-corrected chi connectivity index (χ1v) is 15.7. The Kier molecular flexibility index (Phi) is 12.8. The van der Waals surface area contributed by atoms with Gasteiger partial charge in [0.15, 0.2) is 0 Å². The van der Waals surface area contributed by atoms with E-state index in [0.29, 0.717) is 10.8 Å². The fourth-order valence-electron chi connectivity index (χ4n) is 7.04. The van der Waals surface area contributed by atoms with Crippen LogP contribution in [0.4, 0.5) is 16.2 Å². The van der Waals surface area contributed by atoms with Crippen LogP contribution in [-0.2, 0) is 4.74 Å². The Morgan fingerprint density at radius 1 is 0.674 bits per heavy atom. The summed E-state index contributed by atoms with van der Waals surface area (Å²) in [5, 5.41) is 3.48. The predicted octanol–water partition coefficient (Wildman–Crippen LogP) is 6.59. The summed E-state index contributed by atoms with van der Waals surface area (Å²) in [4.78, 5) is 27.2. The fourth-order valence-corrected chi connectivity index (χ4v) is 7.04. The molecule has 1 N–H and O–H groups in total. The quantitative estimate of drug-likeness (QED) is 0.399. The maximum absolute atomic E-state index is 12.2. The number of piperidine rings is 4. The van der Waals surface area contributed by atoms with Crippen LogP contribution in [0.5, 0.6) is 0 Å². The van der Waals surface area contributed by atoms with E-state index in [9.17, 15) is 4.79 Å². The number of halogens is 2. The average molecular weight is 636 g/mol. The molecule has 4 aliphatic rings. The van der Waals surface area contributed by atoms with Crippen molar-refractivity contribution >= 4 is 42.3 Å². The molecular weight excluding hydrogens is 583 g/mol. The van der Waals surface area contributed by atoms with E-state index in [2.05, 4.69) is 49.4 Å². The van der Waals surface area contributed by atoms with Gasteiger partial charge in [-0.25, -0.2) is 4.79 Å². The summed E-state index contributed by atoms with van der Waals surface area (Å²) >= 11 is 0. The zero-order valence-corrected chi connectivity index (χ0v) is 27.9. The number of hydrogen-bond donors (Lipinski definition) is 1. The molecule has 2 aromatic rings. The Balaban J connectivity index is 0.000000236. The van der Waals surface area contributed by atoms with Crippen molar-refractivity contribution < 1.29 is 9.53 Å². The van der Waals surface area contributed by atoms with Crippen molar-refractivity contribution in [1.82, 2.24) is 20.2 Å². The normalized spacial score (nSPS) is 21.1. The van der Waals surface area contributed by atoms with E-state index >= 15 is 0 Å². The minimum Gasteiger partial charge on any atom is -0.444 e. The van der Waals surface area contributed by atoms with Crippen LogP contribution >= 0.6 is 24.8 Å². The Labute approximate surface area is 271 Å². The largest absolute Gasteiger partial charge is 0.444 e. The third kappa shape index (κ3) is 9.60. The Morgan fingerprint density at radius 2 is 1.05 bits per heavy atom. The second-order valence-electron chi connectivity index (χ2n) is 13.6. The van der Waals surface area contributed by atoms with Crippen LogP contribution in [0.2, 0.25) is 0 Å². The Hall–Kier alpha value is -2.29. The van der Waals surface area contributed by atoms with Gasteiger partial charge in [-0.15, -0.1) is 24.8 Å². The van der Waals surface area contributed by atoms with Gasteiger partial charge in [-0.05, 0) is 120 Å². The van der Waals surface area contributed by atoms with Crippen molar-refractivity contribution in [2.45, 2.75) is 77.7 Å². The summed E-state index contributed by atoms with van der Waals surface area (Å²) in [5.74, 6) is 0. The summed E-state index contributed by atoms with van der Waals surface area (Å²) in [7, 11) is 0. The number of amides is 1. The van der Waals surface area contributed by atoms with Gasteiger partial charge in [0.1, 0.15) is 5.60 Å². The van der Waals surface area contributed by atoms with Gasteiger partial charge in [-0.3, -0.25) is 9.97 Å². The van der Waals surface area contributed by atoms with Gasteiger partial charge < -0.3 is 24.8 Å². The number of anilines is 2. The van der Waals surface area contributed by atoms with Crippen LogP contribution in [0.15, 0.2) is 49.1 Å². The number of carbonyl (C=O) groups excluding carboxylic acids is 1. The first kappa shape index (κ1) is 35.2. The molecule has 4 aliphatic heterocycles. The lowest BCUT2D eigenvalue weighted by Crippen LogP contribution is -2.49. The molecule has 0 aliphatic carbocycles. The molecule has 0 saturated carbocycles. The maximum atomic E-state index is 12.2. The number of pyridine rings is 2. The number of nitrogens with one attached hydrogen (secondary N) is 1. The standard InChI is InChI=1S/C19H29N3O2.C14H21N3.2ClH/c1-18(2,3)24-17(23)22-14-8-19(9-15-22)6-12-21(13-7-19)16-4-10-20-11-5-16;1-7-15-8-2-13(1)17-11-5-14(6-12-17)3-9-16-10-4-14;;/h4-5,10-11H,6-9,12-15H2,1-3H3;1-2,7-8,16H,3-6,9-12H2;2*1H. The highest BCUT2D eigenvalue weighted by atomic mass is 35.5. The average Bonchev–Trinajstić information content (AvgIpc) is 2.99. The lowest BCUT2D eigenvalue weighted by atomic mass is 9.71. The maximum Gasteiger partial charge on any atom is 0.410 e. The third-order valence-electron chi connectivity index (χ3n) is 9.84. The molecule has 2 spiro atoms. The van der Waals surface area contributed by atoms with Gasteiger partial charge in [0.2, 0.25) is 0 Å². The number of ether oxygens (including phenoxy) is 1. The molecular formula is C33H52Cl2N6O2. The zero-order chi connectivity index (χ0) is 28.8. The highest BCUT2D eigenvalue weighted by Crippen LogP contribution is 2.42. The smallest absolute Gasteiger partial charge is 0.410 e. The fraction of sp³-hybridized carbons (Fsp3) is 0.667. The third-order valence-corrected chi connectivity index (χ3v) is 9.84. The van der Waals surface area contributed by atoms with Crippen molar-refractivity contribution in [3.8, 4) is 0 Å².